The van der Waals surface area contributed by atoms with E-state index in [4.69, 9.17) is 0 Å². The van der Waals surface area contributed by atoms with Crippen molar-refractivity contribution in [1.29, 1.82) is 0 Å². The molecule has 1 fully saturated rings. The second kappa shape index (κ2) is 12.4. The first-order valence-electron chi connectivity index (χ1n) is 12.7. The number of rotatable bonds is 8. The molecular formula is C28H39N5O3. The van der Waals surface area contributed by atoms with Gasteiger partial charge in [0.2, 0.25) is 5.91 Å². The van der Waals surface area contributed by atoms with Gasteiger partial charge in [0.1, 0.15) is 0 Å². The van der Waals surface area contributed by atoms with Crippen molar-refractivity contribution in [2.75, 3.05) is 43.4 Å². The molecule has 1 aliphatic heterocycles. The average molecular weight is 494 g/mol. The molecule has 0 saturated carbocycles. The summed E-state index contributed by atoms with van der Waals surface area (Å²) in [5.74, 6) is 0.0546. The van der Waals surface area contributed by atoms with Gasteiger partial charge in [0.05, 0.1) is 5.56 Å². The highest BCUT2D eigenvalue weighted by molar-refractivity contribution is 6.02. The maximum absolute atomic E-state index is 13.6. The smallest absolute Gasteiger partial charge is 0.317 e. The molecule has 1 saturated heterocycles. The van der Waals surface area contributed by atoms with Crippen LogP contribution >= 0.6 is 0 Å². The molecule has 36 heavy (non-hydrogen) atoms. The standard InChI is InChI=1S/C28H39N5O3/c1-20(2)17-26(34)30-23-11-12-25(32-13-15-33(16-14-32)28(36)29-21(3)4)24(18-23)27(35)31(5)19-22-9-7-6-8-10-22/h6-12,18,20-21H,13-17,19H2,1-5H3,(H,29,36)(H,30,34). The first-order valence-corrected chi connectivity index (χ1v) is 12.7. The van der Waals surface area contributed by atoms with Crippen molar-refractivity contribution in [3.8, 4) is 0 Å². The molecule has 0 atom stereocenters. The minimum Gasteiger partial charge on any atom is -0.367 e. The largest absolute Gasteiger partial charge is 0.367 e. The van der Waals surface area contributed by atoms with Crippen LogP contribution in [0.4, 0.5) is 16.2 Å². The van der Waals surface area contributed by atoms with Gasteiger partial charge in [-0.25, -0.2) is 4.79 Å². The summed E-state index contributed by atoms with van der Waals surface area (Å²) in [6, 6.07) is 15.4. The highest BCUT2D eigenvalue weighted by atomic mass is 16.2. The van der Waals surface area contributed by atoms with Crippen LogP contribution in [0.3, 0.4) is 0 Å². The molecule has 0 aromatic heterocycles. The monoisotopic (exact) mass is 493 g/mol. The third-order valence-electron chi connectivity index (χ3n) is 6.03. The quantitative estimate of drug-likeness (QED) is 0.578. The van der Waals surface area contributed by atoms with Crippen LogP contribution in [-0.2, 0) is 11.3 Å². The second-order valence-corrected chi connectivity index (χ2v) is 10.1. The molecule has 0 unspecified atom stereocenters. The van der Waals surface area contributed by atoms with E-state index in [9.17, 15) is 14.4 Å². The van der Waals surface area contributed by atoms with Crippen LogP contribution in [0.15, 0.2) is 48.5 Å². The fourth-order valence-electron chi connectivity index (χ4n) is 4.27. The Labute approximate surface area is 214 Å². The van der Waals surface area contributed by atoms with E-state index in [0.29, 0.717) is 50.4 Å². The average Bonchev–Trinajstić information content (AvgIpc) is 2.83. The van der Waals surface area contributed by atoms with Crippen LogP contribution in [-0.4, -0.2) is 66.9 Å². The lowest BCUT2D eigenvalue weighted by Crippen LogP contribution is -2.53. The van der Waals surface area contributed by atoms with Crippen LogP contribution in [0.2, 0.25) is 0 Å². The molecule has 8 nitrogen and oxygen atoms in total. The number of urea groups is 1. The Balaban J connectivity index is 1.82. The molecule has 0 bridgehead atoms. The first kappa shape index (κ1) is 27.0. The van der Waals surface area contributed by atoms with Gasteiger partial charge in [0.15, 0.2) is 0 Å². The Morgan fingerprint density at radius 2 is 1.61 bits per heavy atom. The van der Waals surface area contributed by atoms with E-state index in [-0.39, 0.29) is 29.8 Å². The summed E-state index contributed by atoms with van der Waals surface area (Å²) in [6.07, 6.45) is 0.416. The van der Waals surface area contributed by atoms with Gasteiger partial charge in [-0.2, -0.15) is 0 Å². The zero-order valence-corrected chi connectivity index (χ0v) is 22.1. The summed E-state index contributed by atoms with van der Waals surface area (Å²) in [4.78, 5) is 44.1. The number of piperazine rings is 1. The molecule has 2 aromatic carbocycles. The molecule has 0 radical (unpaired) electrons. The van der Waals surface area contributed by atoms with E-state index >= 15 is 0 Å². The van der Waals surface area contributed by atoms with Gasteiger partial charge in [-0.15, -0.1) is 0 Å². The summed E-state index contributed by atoms with van der Waals surface area (Å²) < 4.78 is 0. The Morgan fingerprint density at radius 3 is 2.22 bits per heavy atom. The first-order chi connectivity index (χ1) is 17.1. The number of nitrogens with one attached hydrogen (secondary N) is 2. The Hall–Kier alpha value is -3.55. The van der Waals surface area contributed by atoms with Gasteiger partial charge in [-0.3, -0.25) is 9.59 Å². The van der Waals surface area contributed by atoms with E-state index in [2.05, 4.69) is 15.5 Å². The Bertz CT molecular complexity index is 1050. The maximum atomic E-state index is 13.6. The molecule has 2 aromatic rings. The number of carbonyl (C=O) groups excluding carboxylic acids is 3. The molecule has 194 valence electrons. The summed E-state index contributed by atoms with van der Waals surface area (Å²) >= 11 is 0. The van der Waals surface area contributed by atoms with Crippen molar-refractivity contribution in [2.24, 2.45) is 5.92 Å². The van der Waals surface area contributed by atoms with Gasteiger partial charge in [0.25, 0.3) is 5.91 Å². The molecule has 3 rings (SSSR count). The molecule has 0 aliphatic carbocycles. The molecule has 4 amide bonds. The molecular weight excluding hydrogens is 454 g/mol. The van der Waals surface area contributed by atoms with Gasteiger partial charge in [-0.05, 0) is 43.5 Å². The number of anilines is 2. The van der Waals surface area contributed by atoms with Crippen LogP contribution in [0, 0.1) is 5.92 Å². The molecule has 1 aliphatic rings. The summed E-state index contributed by atoms with van der Waals surface area (Å²) in [5.41, 5.74) is 3.00. The molecule has 0 spiro atoms. The lowest BCUT2D eigenvalue weighted by Gasteiger charge is -2.37. The van der Waals surface area contributed by atoms with E-state index in [1.807, 2.05) is 70.2 Å². The van der Waals surface area contributed by atoms with Crippen molar-refractivity contribution in [3.63, 3.8) is 0 Å². The summed E-state index contributed by atoms with van der Waals surface area (Å²) in [5, 5.41) is 5.88. The van der Waals surface area contributed by atoms with Gasteiger partial charge in [0, 0.05) is 63.6 Å². The topological polar surface area (TPSA) is 85.0 Å². The zero-order valence-electron chi connectivity index (χ0n) is 22.1. The minimum absolute atomic E-state index is 0.0632. The third-order valence-corrected chi connectivity index (χ3v) is 6.03. The minimum atomic E-state index is -0.117. The number of benzene rings is 2. The van der Waals surface area contributed by atoms with Crippen molar-refractivity contribution in [3.05, 3.63) is 59.7 Å². The van der Waals surface area contributed by atoms with E-state index < -0.39 is 0 Å². The number of carbonyl (C=O) groups is 3. The predicted molar refractivity (Wildman–Crippen MR) is 144 cm³/mol. The van der Waals surface area contributed by atoms with E-state index in [1.54, 1.807) is 22.9 Å². The van der Waals surface area contributed by atoms with Crippen molar-refractivity contribution in [1.82, 2.24) is 15.1 Å². The zero-order chi connectivity index (χ0) is 26.2. The second-order valence-electron chi connectivity index (χ2n) is 10.1. The van der Waals surface area contributed by atoms with Gasteiger partial charge >= 0.3 is 6.03 Å². The van der Waals surface area contributed by atoms with E-state index in [0.717, 1.165) is 11.3 Å². The third kappa shape index (κ3) is 7.47. The molecule has 2 N–H and O–H groups in total. The fourth-order valence-corrected chi connectivity index (χ4v) is 4.27. The summed E-state index contributed by atoms with van der Waals surface area (Å²) in [7, 11) is 1.79. The predicted octanol–water partition coefficient (Wildman–Crippen LogP) is 4.18. The maximum Gasteiger partial charge on any atom is 0.317 e. The lowest BCUT2D eigenvalue weighted by atomic mass is 10.1. The number of nitrogens with zero attached hydrogens (tertiary/aromatic N) is 3. The molecule has 8 heteroatoms. The highest BCUT2D eigenvalue weighted by Crippen LogP contribution is 2.27. The Kier molecular flexibility index (Phi) is 9.33. The van der Waals surface area contributed by atoms with Crippen molar-refractivity contribution >= 4 is 29.2 Å². The Morgan fingerprint density at radius 1 is 0.944 bits per heavy atom. The lowest BCUT2D eigenvalue weighted by molar-refractivity contribution is -0.116. The number of hydrogen-bond donors (Lipinski definition) is 2. The van der Waals surface area contributed by atoms with Crippen molar-refractivity contribution in [2.45, 2.75) is 46.7 Å². The SMILES string of the molecule is CC(C)CC(=O)Nc1ccc(N2CCN(C(=O)NC(C)C)CC2)c(C(=O)N(C)Cc2ccccc2)c1. The van der Waals surface area contributed by atoms with Gasteiger partial charge < -0.3 is 25.3 Å². The van der Waals surface area contributed by atoms with Crippen LogP contribution < -0.4 is 15.5 Å². The highest BCUT2D eigenvalue weighted by Gasteiger charge is 2.26. The van der Waals surface area contributed by atoms with Crippen LogP contribution in [0.1, 0.15) is 50.0 Å². The summed E-state index contributed by atoms with van der Waals surface area (Å²) in [6.45, 7) is 10.7. The number of amides is 4. The van der Waals surface area contributed by atoms with Gasteiger partial charge in [-0.1, -0.05) is 44.2 Å². The van der Waals surface area contributed by atoms with Crippen LogP contribution in [0.5, 0.6) is 0 Å². The normalized spacial score (nSPS) is 13.6. The van der Waals surface area contributed by atoms with E-state index in [1.165, 1.54) is 0 Å². The molecule has 1 heterocycles. The van der Waals surface area contributed by atoms with Crippen LogP contribution in [0.25, 0.3) is 0 Å². The number of hydrogen-bond acceptors (Lipinski definition) is 4. The fraction of sp³-hybridized carbons (Fsp3) is 0.464. The van der Waals surface area contributed by atoms with Crippen molar-refractivity contribution < 1.29 is 14.4 Å².